The highest BCUT2D eigenvalue weighted by Crippen LogP contribution is 2.21. The third-order valence-corrected chi connectivity index (χ3v) is 2.96. The Morgan fingerprint density at radius 2 is 2.12 bits per heavy atom. The first kappa shape index (κ1) is 11.2. The first-order valence-corrected chi connectivity index (χ1v) is 5.55. The summed E-state index contributed by atoms with van der Waals surface area (Å²) >= 11 is 8.28. The second-order valence-corrected chi connectivity index (χ2v) is 4.32. The van der Waals surface area contributed by atoms with Crippen molar-refractivity contribution in [1.82, 2.24) is 9.55 Å². The summed E-state index contributed by atoms with van der Waals surface area (Å²) in [7, 11) is 0. The molecule has 0 amide bonds. The molecule has 16 heavy (non-hydrogen) atoms. The van der Waals surface area contributed by atoms with Crippen LogP contribution in [0.2, 0.25) is 0 Å². The zero-order valence-electron chi connectivity index (χ0n) is 7.91. The molecule has 82 valence electrons. The lowest BCUT2D eigenvalue weighted by atomic mass is 10.3. The molecule has 0 radical (unpaired) electrons. The number of H-pyrrole nitrogens is 1. The van der Waals surface area contributed by atoms with Crippen LogP contribution in [0.5, 0.6) is 0 Å². The molecular formula is C10H6BrFN2OS. The standard InChI is InChI=1S/C10H6BrFN2OS/c11-7-2-1-6(12)5-8(7)14-4-3-9(15)13-10(14)16/h1-5H,(H,13,15,16). The molecular weight excluding hydrogens is 295 g/mol. The van der Waals surface area contributed by atoms with Crippen LogP contribution < -0.4 is 5.56 Å². The quantitative estimate of drug-likeness (QED) is 0.823. The Morgan fingerprint density at radius 3 is 2.81 bits per heavy atom. The van der Waals surface area contributed by atoms with Crippen LogP contribution in [0.3, 0.4) is 0 Å². The average molecular weight is 301 g/mol. The van der Waals surface area contributed by atoms with E-state index in [0.717, 1.165) is 0 Å². The molecule has 1 aromatic heterocycles. The Balaban J connectivity index is 2.72. The van der Waals surface area contributed by atoms with Gasteiger partial charge in [0.15, 0.2) is 4.77 Å². The van der Waals surface area contributed by atoms with E-state index in [1.54, 1.807) is 6.07 Å². The summed E-state index contributed by atoms with van der Waals surface area (Å²) < 4.78 is 15.5. The van der Waals surface area contributed by atoms with Crippen LogP contribution in [0.1, 0.15) is 0 Å². The Kier molecular flexibility index (Phi) is 3.02. The first-order chi connectivity index (χ1) is 7.58. The van der Waals surface area contributed by atoms with Crippen LogP contribution in [-0.2, 0) is 0 Å². The summed E-state index contributed by atoms with van der Waals surface area (Å²) in [5.74, 6) is -0.369. The van der Waals surface area contributed by atoms with Gasteiger partial charge in [-0.1, -0.05) is 0 Å². The third kappa shape index (κ3) is 2.12. The number of benzene rings is 1. The number of aromatic nitrogens is 2. The second kappa shape index (κ2) is 4.31. The molecule has 0 saturated carbocycles. The fraction of sp³-hybridized carbons (Fsp3) is 0. The normalized spacial score (nSPS) is 10.4. The van der Waals surface area contributed by atoms with Gasteiger partial charge in [-0.3, -0.25) is 14.3 Å². The molecule has 0 saturated heterocycles. The molecule has 0 fully saturated rings. The van der Waals surface area contributed by atoms with Gasteiger partial charge in [0.25, 0.3) is 5.56 Å². The van der Waals surface area contributed by atoms with Gasteiger partial charge in [0.05, 0.1) is 5.69 Å². The molecule has 6 heteroatoms. The van der Waals surface area contributed by atoms with Gasteiger partial charge in [0.1, 0.15) is 5.82 Å². The molecule has 3 nitrogen and oxygen atoms in total. The molecule has 0 atom stereocenters. The summed E-state index contributed by atoms with van der Waals surface area (Å²) in [6, 6.07) is 5.58. The van der Waals surface area contributed by atoms with E-state index in [1.807, 2.05) is 0 Å². The topological polar surface area (TPSA) is 37.8 Å². The van der Waals surface area contributed by atoms with E-state index in [0.29, 0.717) is 10.2 Å². The summed E-state index contributed by atoms with van der Waals surface area (Å²) in [6.45, 7) is 0. The molecule has 0 aliphatic carbocycles. The Bertz CT molecular complexity index is 650. The lowest BCUT2D eigenvalue weighted by Crippen LogP contribution is -2.10. The maximum Gasteiger partial charge on any atom is 0.251 e. The number of nitrogens with zero attached hydrogens (tertiary/aromatic N) is 1. The monoisotopic (exact) mass is 300 g/mol. The van der Waals surface area contributed by atoms with Crippen molar-refractivity contribution >= 4 is 28.1 Å². The minimum absolute atomic E-state index is 0.221. The maximum atomic E-state index is 13.1. The fourth-order valence-corrected chi connectivity index (χ4v) is 1.97. The van der Waals surface area contributed by atoms with Gasteiger partial charge in [-0.05, 0) is 46.3 Å². The Labute approximate surface area is 104 Å². The van der Waals surface area contributed by atoms with Gasteiger partial charge < -0.3 is 0 Å². The van der Waals surface area contributed by atoms with Gasteiger partial charge in [-0.15, -0.1) is 0 Å². The van der Waals surface area contributed by atoms with E-state index in [2.05, 4.69) is 20.9 Å². The third-order valence-electron chi connectivity index (χ3n) is 1.99. The van der Waals surface area contributed by atoms with Crippen LogP contribution in [-0.4, -0.2) is 9.55 Å². The van der Waals surface area contributed by atoms with Crippen molar-refractivity contribution in [1.29, 1.82) is 0 Å². The molecule has 1 aromatic carbocycles. The van der Waals surface area contributed by atoms with Crippen molar-refractivity contribution in [3.05, 3.63) is 55.9 Å². The van der Waals surface area contributed by atoms with Gasteiger partial charge in [-0.2, -0.15) is 0 Å². The highest BCUT2D eigenvalue weighted by atomic mass is 79.9. The number of nitrogens with one attached hydrogen (secondary N) is 1. The smallest absolute Gasteiger partial charge is 0.251 e. The van der Waals surface area contributed by atoms with Crippen LogP contribution in [0, 0.1) is 10.6 Å². The highest BCUT2D eigenvalue weighted by Gasteiger charge is 2.04. The molecule has 0 aliphatic rings. The van der Waals surface area contributed by atoms with Gasteiger partial charge >= 0.3 is 0 Å². The van der Waals surface area contributed by atoms with Gasteiger partial charge in [-0.25, -0.2) is 4.39 Å². The molecule has 0 aliphatic heterocycles. The van der Waals surface area contributed by atoms with E-state index in [1.165, 1.54) is 29.0 Å². The van der Waals surface area contributed by atoms with Crippen molar-refractivity contribution in [2.45, 2.75) is 0 Å². The number of hydrogen-bond acceptors (Lipinski definition) is 2. The molecule has 1 heterocycles. The number of aromatic amines is 1. The predicted octanol–water partition coefficient (Wildman–Crippen LogP) is 2.80. The summed E-state index contributed by atoms with van der Waals surface area (Å²) in [5, 5.41) is 0. The summed E-state index contributed by atoms with van der Waals surface area (Å²) in [6.07, 6.45) is 1.50. The molecule has 0 unspecified atom stereocenters. The summed E-state index contributed by atoms with van der Waals surface area (Å²) in [4.78, 5) is 13.5. The van der Waals surface area contributed by atoms with E-state index in [4.69, 9.17) is 12.2 Å². The molecule has 2 rings (SSSR count). The SMILES string of the molecule is O=c1ccn(-c2cc(F)ccc2Br)c(=S)[nH]1. The maximum absolute atomic E-state index is 13.1. The molecule has 1 N–H and O–H groups in total. The molecule has 2 aromatic rings. The molecule has 0 spiro atoms. The van der Waals surface area contributed by atoms with E-state index < -0.39 is 0 Å². The minimum atomic E-state index is -0.369. The van der Waals surface area contributed by atoms with Crippen LogP contribution in [0.25, 0.3) is 5.69 Å². The van der Waals surface area contributed by atoms with E-state index in [9.17, 15) is 9.18 Å². The van der Waals surface area contributed by atoms with Gasteiger partial charge in [0, 0.05) is 16.7 Å². The largest absolute Gasteiger partial charge is 0.299 e. The van der Waals surface area contributed by atoms with E-state index >= 15 is 0 Å². The summed E-state index contributed by atoms with van der Waals surface area (Å²) in [5.41, 5.74) is 0.259. The van der Waals surface area contributed by atoms with Gasteiger partial charge in [0.2, 0.25) is 0 Å². The van der Waals surface area contributed by atoms with Crippen molar-refractivity contribution < 1.29 is 4.39 Å². The molecule has 0 bridgehead atoms. The predicted molar refractivity (Wildman–Crippen MR) is 64.9 cm³/mol. The van der Waals surface area contributed by atoms with E-state index in [-0.39, 0.29) is 16.1 Å². The second-order valence-electron chi connectivity index (χ2n) is 3.08. The van der Waals surface area contributed by atoms with Crippen molar-refractivity contribution in [3.8, 4) is 5.69 Å². The number of halogens is 2. The van der Waals surface area contributed by atoms with Crippen LogP contribution >= 0.6 is 28.1 Å². The fourth-order valence-electron chi connectivity index (χ4n) is 1.28. The lowest BCUT2D eigenvalue weighted by Gasteiger charge is -2.08. The number of hydrogen-bond donors (Lipinski definition) is 1. The lowest BCUT2D eigenvalue weighted by molar-refractivity contribution is 0.626. The zero-order chi connectivity index (χ0) is 11.7. The Morgan fingerprint density at radius 1 is 1.38 bits per heavy atom. The van der Waals surface area contributed by atoms with Crippen LogP contribution in [0.4, 0.5) is 4.39 Å². The average Bonchev–Trinajstić information content (AvgIpc) is 2.22. The van der Waals surface area contributed by atoms with Crippen molar-refractivity contribution in [2.24, 2.45) is 0 Å². The highest BCUT2D eigenvalue weighted by molar-refractivity contribution is 9.10. The Hall–Kier alpha value is -1.27. The van der Waals surface area contributed by atoms with Crippen molar-refractivity contribution in [3.63, 3.8) is 0 Å². The number of rotatable bonds is 1. The zero-order valence-corrected chi connectivity index (χ0v) is 10.3. The van der Waals surface area contributed by atoms with Crippen molar-refractivity contribution in [2.75, 3.05) is 0 Å². The van der Waals surface area contributed by atoms with Crippen LogP contribution in [0.15, 0.2) is 39.7 Å². The minimum Gasteiger partial charge on any atom is -0.299 e. The first-order valence-electron chi connectivity index (χ1n) is 4.35.